The molecule has 1 amide bonds. The van der Waals surface area contributed by atoms with Crippen molar-refractivity contribution in [2.45, 2.75) is 18.9 Å². The number of benzene rings is 1. The predicted octanol–water partition coefficient (Wildman–Crippen LogP) is 3.60. The number of anilines is 1. The van der Waals surface area contributed by atoms with E-state index in [9.17, 15) is 13.6 Å². The summed E-state index contributed by atoms with van der Waals surface area (Å²) in [6, 6.07) is 4.19. The van der Waals surface area contributed by atoms with Crippen molar-refractivity contribution in [1.29, 1.82) is 0 Å². The van der Waals surface area contributed by atoms with Crippen molar-refractivity contribution in [2.75, 3.05) is 11.9 Å². The summed E-state index contributed by atoms with van der Waals surface area (Å²) in [6.07, 6.45) is 8.95. The number of fused-ring (bicyclic) bond motifs is 2. The molecule has 1 aliphatic carbocycles. The quantitative estimate of drug-likeness (QED) is 0.488. The van der Waals surface area contributed by atoms with Crippen LogP contribution in [-0.4, -0.2) is 48.4 Å². The molecule has 0 saturated heterocycles. The van der Waals surface area contributed by atoms with Crippen LogP contribution in [-0.2, 0) is 11.8 Å². The Kier molecular flexibility index (Phi) is 4.29. The third kappa shape index (κ3) is 3.34. The molecule has 0 unspecified atom stereocenters. The van der Waals surface area contributed by atoms with Crippen molar-refractivity contribution < 1.29 is 13.6 Å². The van der Waals surface area contributed by atoms with E-state index in [0.29, 0.717) is 22.6 Å². The molecular weight excluding hydrogens is 428 g/mol. The fraction of sp³-hybridized carbons (Fsp3) is 0.217. The Morgan fingerprint density at radius 1 is 1.21 bits per heavy atom. The Morgan fingerprint density at radius 3 is 2.67 bits per heavy atom. The van der Waals surface area contributed by atoms with Crippen LogP contribution in [0.25, 0.3) is 33.4 Å². The van der Waals surface area contributed by atoms with Gasteiger partial charge in [-0.1, -0.05) is 5.57 Å². The van der Waals surface area contributed by atoms with E-state index in [-0.39, 0.29) is 29.4 Å². The molecule has 1 saturated carbocycles. The standard InChI is InChI=1S/C23H19F2N7O/c1-31-10-13(7-27-31)23-16-6-19(26-8-20(16)29-30-23)22-17(24)4-14(5-18(22)25)28-21(33)11-32-9-12-2-15(32)3-12/h4-10,15H,2-3,11H2,1H3,(H,28,33)(H,29,30). The number of rotatable bonds is 5. The number of pyridine rings is 1. The fourth-order valence-electron chi connectivity index (χ4n) is 4.47. The fourth-order valence-corrected chi connectivity index (χ4v) is 4.47. The van der Waals surface area contributed by atoms with Crippen molar-refractivity contribution in [2.24, 2.45) is 7.05 Å². The van der Waals surface area contributed by atoms with Crippen molar-refractivity contribution in [1.82, 2.24) is 29.9 Å². The van der Waals surface area contributed by atoms with Gasteiger partial charge >= 0.3 is 0 Å². The maximum atomic E-state index is 15.0. The second-order valence-electron chi connectivity index (χ2n) is 8.47. The van der Waals surface area contributed by atoms with Gasteiger partial charge in [-0.3, -0.25) is 19.6 Å². The van der Waals surface area contributed by atoms with Gasteiger partial charge in [-0.05, 0) is 37.2 Å². The summed E-state index contributed by atoms with van der Waals surface area (Å²) in [5.41, 5.74) is 3.29. The minimum absolute atomic E-state index is 0.0679. The maximum absolute atomic E-state index is 15.0. The third-order valence-electron chi connectivity index (χ3n) is 6.15. The van der Waals surface area contributed by atoms with E-state index in [0.717, 1.165) is 30.5 Å². The zero-order chi connectivity index (χ0) is 22.7. The van der Waals surface area contributed by atoms with Crippen molar-refractivity contribution in [3.63, 3.8) is 0 Å². The normalized spacial score (nSPS) is 15.1. The summed E-state index contributed by atoms with van der Waals surface area (Å²) < 4.78 is 31.6. The molecule has 7 rings (SSSR count). The molecular formula is C23H19F2N7O. The minimum atomic E-state index is -0.811. The van der Waals surface area contributed by atoms with E-state index in [2.05, 4.69) is 25.6 Å². The van der Waals surface area contributed by atoms with Gasteiger partial charge in [0.1, 0.15) is 17.3 Å². The number of carbonyl (C=O) groups is 1. The highest BCUT2D eigenvalue weighted by Gasteiger charge is 2.35. The number of aryl methyl sites for hydroxylation is 1. The van der Waals surface area contributed by atoms with Gasteiger partial charge in [0.15, 0.2) is 0 Å². The highest BCUT2D eigenvalue weighted by molar-refractivity contribution is 5.95. The first-order chi connectivity index (χ1) is 15.9. The van der Waals surface area contributed by atoms with Crippen LogP contribution < -0.4 is 5.32 Å². The highest BCUT2D eigenvalue weighted by Crippen LogP contribution is 2.38. The lowest BCUT2D eigenvalue weighted by molar-refractivity contribution is -0.117. The monoisotopic (exact) mass is 447 g/mol. The highest BCUT2D eigenvalue weighted by atomic mass is 19.1. The molecule has 3 aromatic heterocycles. The summed E-state index contributed by atoms with van der Waals surface area (Å²) in [4.78, 5) is 18.5. The van der Waals surface area contributed by atoms with Crippen LogP contribution in [0.5, 0.6) is 0 Å². The van der Waals surface area contributed by atoms with Gasteiger partial charge in [0.05, 0.1) is 35.7 Å². The van der Waals surface area contributed by atoms with E-state index in [1.165, 1.54) is 11.8 Å². The van der Waals surface area contributed by atoms with Crippen LogP contribution in [0.3, 0.4) is 0 Å². The van der Waals surface area contributed by atoms with Crippen molar-refractivity contribution in [3.8, 4) is 22.5 Å². The molecule has 2 aliphatic heterocycles. The van der Waals surface area contributed by atoms with Crippen LogP contribution in [0.2, 0.25) is 0 Å². The first-order valence-corrected chi connectivity index (χ1v) is 10.5. The topological polar surface area (TPSA) is 91.7 Å². The molecule has 0 atom stereocenters. The van der Waals surface area contributed by atoms with Gasteiger partial charge in [-0.25, -0.2) is 8.78 Å². The second-order valence-corrected chi connectivity index (χ2v) is 8.47. The Balaban J connectivity index is 1.28. The van der Waals surface area contributed by atoms with E-state index >= 15 is 0 Å². The number of halogens is 2. The van der Waals surface area contributed by atoms with Gasteiger partial charge in [-0.2, -0.15) is 10.2 Å². The number of nitrogens with zero attached hydrogens (tertiary/aromatic N) is 5. The average molecular weight is 447 g/mol. The predicted molar refractivity (Wildman–Crippen MR) is 118 cm³/mol. The molecule has 2 bridgehead atoms. The summed E-state index contributed by atoms with van der Waals surface area (Å²) >= 11 is 0. The zero-order valence-corrected chi connectivity index (χ0v) is 17.6. The van der Waals surface area contributed by atoms with Crippen LogP contribution in [0.15, 0.2) is 48.6 Å². The number of aromatic nitrogens is 5. The van der Waals surface area contributed by atoms with Crippen molar-refractivity contribution >= 4 is 22.5 Å². The van der Waals surface area contributed by atoms with Gasteiger partial charge in [0, 0.05) is 35.9 Å². The zero-order valence-electron chi connectivity index (χ0n) is 17.6. The molecule has 4 aromatic rings. The van der Waals surface area contributed by atoms with Crippen molar-refractivity contribution in [3.05, 3.63) is 60.2 Å². The lowest BCUT2D eigenvalue weighted by Gasteiger charge is -2.27. The first-order valence-electron chi connectivity index (χ1n) is 10.5. The molecule has 0 radical (unpaired) electrons. The average Bonchev–Trinajstić information content (AvgIpc) is 3.50. The lowest BCUT2D eigenvalue weighted by Crippen LogP contribution is -2.35. The smallest absolute Gasteiger partial charge is 0.243 e. The van der Waals surface area contributed by atoms with Crippen LogP contribution >= 0.6 is 0 Å². The number of carbonyl (C=O) groups excluding carboxylic acids is 1. The van der Waals surface area contributed by atoms with E-state index in [1.54, 1.807) is 30.2 Å². The Bertz CT molecular complexity index is 1420. The van der Waals surface area contributed by atoms with Gasteiger partial charge in [0.2, 0.25) is 5.91 Å². The minimum Gasteiger partial charge on any atom is -0.365 e. The molecule has 5 heterocycles. The molecule has 1 aromatic carbocycles. The molecule has 2 N–H and O–H groups in total. The Hall–Kier alpha value is -4.08. The third-order valence-corrected chi connectivity index (χ3v) is 6.15. The van der Waals surface area contributed by atoms with E-state index < -0.39 is 11.6 Å². The number of amides is 1. The summed E-state index contributed by atoms with van der Waals surface area (Å²) in [7, 11) is 1.79. The van der Waals surface area contributed by atoms with E-state index in [4.69, 9.17) is 0 Å². The Morgan fingerprint density at radius 2 is 2.00 bits per heavy atom. The molecule has 1 fully saturated rings. The van der Waals surface area contributed by atoms with Crippen LogP contribution in [0, 0.1) is 11.6 Å². The second kappa shape index (κ2) is 7.22. The molecule has 10 heteroatoms. The van der Waals surface area contributed by atoms with Gasteiger partial charge < -0.3 is 10.2 Å². The number of nitrogens with one attached hydrogen (secondary N) is 2. The molecule has 8 nitrogen and oxygen atoms in total. The molecule has 166 valence electrons. The maximum Gasteiger partial charge on any atom is 0.243 e. The Labute approximate surface area is 186 Å². The molecule has 0 spiro atoms. The molecule has 33 heavy (non-hydrogen) atoms. The number of H-pyrrole nitrogens is 1. The summed E-state index contributed by atoms with van der Waals surface area (Å²) in [5, 5.41) is 14.6. The number of hydrogen-bond acceptors (Lipinski definition) is 5. The summed E-state index contributed by atoms with van der Waals surface area (Å²) in [5.74, 6) is -1.94. The lowest BCUT2D eigenvalue weighted by atomic mass is 9.91. The van der Waals surface area contributed by atoms with Gasteiger partial charge in [0.25, 0.3) is 0 Å². The number of aromatic amines is 1. The SMILES string of the molecule is Cn1cc(-c2n[nH]c3cnc(-c4c(F)cc(NC(=O)CN5C=C6CC5C6)cc4F)cc23)cn1. The first kappa shape index (κ1) is 19.6. The van der Waals surface area contributed by atoms with E-state index in [1.807, 2.05) is 11.1 Å². The largest absolute Gasteiger partial charge is 0.365 e. The van der Waals surface area contributed by atoms with Crippen LogP contribution in [0.4, 0.5) is 14.5 Å². The van der Waals surface area contributed by atoms with Crippen LogP contribution in [0.1, 0.15) is 12.8 Å². The van der Waals surface area contributed by atoms with Gasteiger partial charge in [-0.15, -0.1) is 0 Å². The molecule has 3 aliphatic rings. The number of hydrogen-bond donors (Lipinski definition) is 2. The summed E-state index contributed by atoms with van der Waals surface area (Å²) in [6.45, 7) is 0.162.